The highest BCUT2D eigenvalue weighted by molar-refractivity contribution is 7.19. The molecule has 7 nitrogen and oxygen atoms in total. The number of fused-ring (bicyclic) bond motifs is 1. The fourth-order valence-corrected chi connectivity index (χ4v) is 4.79. The highest BCUT2D eigenvalue weighted by Gasteiger charge is 2.23. The van der Waals surface area contributed by atoms with Crippen LogP contribution in [0.4, 0.5) is 4.39 Å². The van der Waals surface area contributed by atoms with Crippen molar-refractivity contribution < 1.29 is 9.18 Å². The van der Waals surface area contributed by atoms with Crippen molar-refractivity contribution in [3.63, 3.8) is 0 Å². The zero-order chi connectivity index (χ0) is 22.9. The molecule has 3 heterocycles. The van der Waals surface area contributed by atoms with Gasteiger partial charge in [-0.1, -0.05) is 29.0 Å². The van der Waals surface area contributed by atoms with E-state index in [1.807, 2.05) is 36.1 Å². The molecule has 0 atom stereocenters. The summed E-state index contributed by atoms with van der Waals surface area (Å²) in [5, 5.41) is 4.95. The lowest BCUT2D eigenvalue weighted by atomic mass is 10.1. The van der Waals surface area contributed by atoms with Crippen molar-refractivity contribution in [1.82, 2.24) is 24.4 Å². The molecule has 1 aliphatic rings. The average Bonchev–Trinajstić information content (AvgIpc) is 3.25. The molecule has 1 saturated heterocycles. The second-order valence-corrected chi connectivity index (χ2v) is 9.08. The van der Waals surface area contributed by atoms with Crippen LogP contribution in [0.25, 0.3) is 15.5 Å². The molecule has 0 saturated carbocycles. The molecule has 0 spiro atoms. The van der Waals surface area contributed by atoms with Gasteiger partial charge in [-0.3, -0.25) is 14.5 Å². The first-order valence-corrected chi connectivity index (χ1v) is 11.5. The predicted octanol–water partition coefficient (Wildman–Crippen LogP) is 3.22. The van der Waals surface area contributed by atoms with Crippen LogP contribution in [-0.2, 0) is 6.54 Å². The van der Waals surface area contributed by atoms with Gasteiger partial charge in [0, 0.05) is 49.9 Å². The molecule has 0 unspecified atom stereocenters. The van der Waals surface area contributed by atoms with E-state index in [1.165, 1.54) is 34.1 Å². The third kappa shape index (κ3) is 4.55. The first-order valence-electron chi connectivity index (χ1n) is 10.7. The average molecular weight is 464 g/mol. The summed E-state index contributed by atoms with van der Waals surface area (Å²) in [5.74, 6) is -0.275. The van der Waals surface area contributed by atoms with Crippen molar-refractivity contribution in [1.29, 1.82) is 0 Å². The Kier molecular flexibility index (Phi) is 5.74. The Morgan fingerprint density at radius 2 is 1.73 bits per heavy atom. The summed E-state index contributed by atoms with van der Waals surface area (Å²) in [4.78, 5) is 34.5. The second-order valence-electron chi connectivity index (χ2n) is 8.13. The van der Waals surface area contributed by atoms with Crippen LogP contribution in [-0.4, -0.2) is 56.5 Å². The lowest BCUT2D eigenvalue weighted by Gasteiger charge is -2.34. The van der Waals surface area contributed by atoms with Crippen LogP contribution in [0.3, 0.4) is 0 Å². The van der Waals surface area contributed by atoms with Gasteiger partial charge >= 0.3 is 0 Å². The summed E-state index contributed by atoms with van der Waals surface area (Å²) in [6.07, 6.45) is 0. The molecular formula is C24H22FN5O2S. The fraction of sp³-hybridized carbons (Fsp3) is 0.250. The zero-order valence-electron chi connectivity index (χ0n) is 18.1. The van der Waals surface area contributed by atoms with Gasteiger partial charge in [-0.2, -0.15) is 9.61 Å². The van der Waals surface area contributed by atoms with Crippen LogP contribution < -0.4 is 5.56 Å². The first kappa shape index (κ1) is 21.4. The van der Waals surface area contributed by atoms with Crippen LogP contribution in [0.2, 0.25) is 0 Å². The number of benzene rings is 2. The number of nitrogens with zero attached hydrogens (tertiary/aromatic N) is 5. The van der Waals surface area contributed by atoms with Gasteiger partial charge in [0.25, 0.3) is 11.5 Å². The van der Waals surface area contributed by atoms with Crippen molar-refractivity contribution >= 4 is 22.2 Å². The number of carbonyl (C=O) groups is 1. The van der Waals surface area contributed by atoms with Gasteiger partial charge in [0.05, 0.1) is 5.69 Å². The Bertz CT molecular complexity index is 1360. The van der Waals surface area contributed by atoms with Crippen molar-refractivity contribution in [3.8, 4) is 10.6 Å². The van der Waals surface area contributed by atoms with E-state index in [2.05, 4.69) is 15.0 Å². The third-order valence-electron chi connectivity index (χ3n) is 5.73. The second kappa shape index (κ2) is 8.84. The topological polar surface area (TPSA) is 70.8 Å². The molecule has 0 N–H and O–H groups in total. The standard InChI is InChI=1S/C24H22FN5O2S/c1-16-2-4-18(5-3-16)23(32)29-12-10-28(11-13-29)15-20-14-21(31)30-24(26-20)33-22(27-30)17-6-8-19(25)9-7-17/h2-9,14H,10-13,15H2,1H3. The van der Waals surface area contributed by atoms with E-state index in [-0.39, 0.29) is 17.3 Å². The van der Waals surface area contributed by atoms with Crippen molar-refractivity contribution in [3.05, 3.63) is 87.6 Å². The van der Waals surface area contributed by atoms with Gasteiger partial charge in [-0.15, -0.1) is 0 Å². The maximum Gasteiger partial charge on any atom is 0.275 e. The van der Waals surface area contributed by atoms with E-state index in [4.69, 9.17) is 0 Å². The molecule has 4 aromatic rings. The summed E-state index contributed by atoms with van der Waals surface area (Å²) in [7, 11) is 0. The fourth-order valence-electron chi connectivity index (χ4n) is 3.86. The Morgan fingerprint density at radius 1 is 1.03 bits per heavy atom. The lowest BCUT2D eigenvalue weighted by Crippen LogP contribution is -2.48. The maximum absolute atomic E-state index is 13.2. The molecule has 2 aromatic carbocycles. The molecule has 5 rings (SSSR count). The van der Waals surface area contributed by atoms with Crippen LogP contribution >= 0.6 is 11.3 Å². The Hall–Kier alpha value is -3.43. The molecule has 168 valence electrons. The monoisotopic (exact) mass is 463 g/mol. The molecule has 9 heteroatoms. The number of aromatic nitrogens is 3. The van der Waals surface area contributed by atoms with E-state index < -0.39 is 0 Å². The molecule has 33 heavy (non-hydrogen) atoms. The number of amides is 1. The van der Waals surface area contributed by atoms with Gasteiger partial charge in [0.1, 0.15) is 10.8 Å². The smallest absolute Gasteiger partial charge is 0.275 e. The highest BCUT2D eigenvalue weighted by Crippen LogP contribution is 2.24. The zero-order valence-corrected chi connectivity index (χ0v) is 18.9. The maximum atomic E-state index is 13.2. The number of hydrogen-bond acceptors (Lipinski definition) is 6. The molecule has 2 aromatic heterocycles. The van der Waals surface area contributed by atoms with E-state index in [9.17, 15) is 14.0 Å². The summed E-state index contributed by atoms with van der Waals surface area (Å²) in [6.45, 7) is 5.21. The molecular weight excluding hydrogens is 441 g/mol. The predicted molar refractivity (Wildman–Crippen MR) is 125 cm³/mol. The van der Waals surface area contributed by atoms with Gasteiger partial charge in [-0.25, -0.2) is 9.37 Å². The molecule has 1 amide bonds. The first-order chi connectivity index (χ1) is 16.0. The van der Waals surface area contributed by atoms with Crippen LogP contribution in [0.1, 0.15) is 21.6 Å². The summed E-state index contributed by atoms with van der Waals surface area (Å²) < 4.78 is 14.5. The summed E-state index contributed by atoms with van der Waals surface area (Å²) in [5.41, 5.74) is 3.00. The van der Waals surface area contributed by atoms with Crippen LogP contribution in [0.15, 0.2) is 59.4 Å². The third-order valence-corrected chi connectivity index (χ3v) is 6.69. The Labute approximate surface area is 193 Å². The molecule has 0 radical (unpaired) electrons. The summed E-state index contributed by atoms with van der Waals surface area (Å²) in [6, 6.07) is 15.1. The number of halogens is 1. The van der Waals surface area contributed by atoms with Gasteiger partial charge in [0.15, 0.2) is 0 Å². The summed E-state index contributed by atoms with van der Waals surface area (Å²) >= 11 is 1.30. The van der Waals surface area contributed by atoms with E-state index in [1.54, 1.807) is 12.1 Å². The SMILES string of the molecule is Cc1ccc(C(=O)N2CCN(Cc3cc(=O)n4nc(-c5ccc(F)cc5)sc4n3)CC2)cc1. The molecule has 1 fully saturated rings. The normalized spacial score (nSPS) is 14.7. The van der Waals surface area contributed by atoms with Gasteiger partial charge in [-0.05, 0) is 43.3 Å². The lowest BCUT2D eigenvalue weighted by molar-refractivity contribution is 0.0627. The molecule has 0 bridgehead atoms. The minimum atomic E-state index is -0.321. The number of rotatable bonds is 4. The number of piperazine rings is 1. The van der Waals surface area contributed by atoms with Crippen molar-refractivity contribution in [2.75, 3.05) is 26.2 Å². The van der Waals surface area contributed by atoms with E-state index in [0.717, 1.165) is 11.1 Å². The van der Waals surface area contributed by atoms with Crippen molar-refractivity contribution in [2.24, 2.45) is 0 Å². The highest BCUT2D eigenvalue weighted by atomic mass is 32.1. The van der Waals surface area contributed by atoms with Crippen LogP contribution in [0.5, 0.6) is 0 Å². The van der Waals surface area contributed by atoms with E-state index in [0.29, 0.717) is 53.9 Å². The Balaban J connectivity index is 1.27. The van der Waals surface area contributed by atoms with Gasteiger partial charge < -0.3 is 4.90 Å². The van der Waals surface area contributed by atoms with E-state index >= 15 is 0 Å². The largest absolute Gasteiger partial charge is 0.336 e. The Morgan fingerprint density at radius 3 is 2.42 bits per heavy atom. The van der Waals surface area contributed by atoms with Crippen LogP contribution in [0, 0.1) is 12.7 Å². The van der Waals surface area contributed by atoms with Gasteiger partial charge in [0.2, 0.25) is 4.96 Å². The van der Waals surface area contributed by atoms with Crippen molar-refractivity contribution in [2.45, 2.75) is 13.5 Å². The number of carbonyl (C=O) groups excluding carboxylic acids is 1. The molecule has 1 aliphatic heterocycles. The quantitative estimate of drug-likeness (QED) is 0.465. The minimum absolute atomic E-state index is 0.0467. The number of aryl methyl sites for hydroxylation is 1. The number of hydrogen-bond donors (Lipinski definition) is 0. The minimum Gasteiger partial charge on any atom is -0.336 e. The molecule has 0 aliphatic carbocycles.